The first kappa shape index (κ1) is 19.3. The van der Waals surface area contributed by atoms with Crippen molar-refractivity contribution >= 4 is 17.5 Å². The lowest BCUT2D eigenvalue weighted by Crippen LogP contribution is -2.37. The van der Waals surface area contributed by atoms with Crippen molar-refractivity contribution < 1.29 is 9.18 Å². The van der Waals surface area contributed by atoms with E-state index in [-0.39, 0.29) is 17.6 Å². The van der Waals surface area contributed by atoms with Crippen LogP contribution in [-0.4, -0.2) is 26.6 Å². The highest BCUT2D eigenvalue weighted by Crippen LogP contribution is 2.29. The summed E-state index contributed by atoms with van der Waals surface area (Å²) in [5, 5.41) is 4.95. The van der Waals surface area contributed by atoms with Crippen LogP contribution in [0.1, 0.15) is 34.6 Å². The highest BCUT2D eigenvalue weighted by molar-refractivity contribution is 6.30. The monoisotopic (exact) mass is 411 g/mol. The molecule has 1 aromatic heterocycles. The Hall–Kier alpha value is -2.99. The molecule has 1 saturated carbocycles. The third-order valence-corrected chi connectivity index (χ3v) is 5.15. The second kappa shape index (κ2) is 7.79. The molecule has 1 amide bonds. The normalized spacial score (nSPS) is 13.3. The molecule has 3 aromatic rings. The summed E-state index contributed by atoms with van der Waals surface area (Å²) >= 11 is 5.95. The fourth-order valence-electron chi connectivity index (χ4n) is 3.21. The number of benzene rings is 2. The lowest BCUT2D eigenvalue weighted by molar-refractivity contribution is 0.0720. The molecular formula is C22H19ClFN3O2. The van der Waals surface area contributed by atoms with Gasteiger partial charge in [0.25, 0.3) is 5.91 Å². The minimum Gasteiger partial charge on any atom is -0.330 e. The highest BCUT2D eigenvalue weighted by Gasteiger charge is 2.35. The van der Waals surface area contributed by atoms with Crippen LogP contribution in [0.25, 0.3) is 5.69 Å². The maximum Gasteiger partial charge on any atom is 0.278 e. The Kier molecular flexibility index (Phi) is 5.20. The van der Waals surface area contributed by atoms with E-state index in [1.165, 1.54) is 18.2 Å². The molecule has 7 heteroatoms. The average molecular weight is 412 g/mol. The van der Waals surface area contributed by atoms with Gasteiger partial charge < -0.3 is 4.90 Å². The van der Waals surface area contributed by atoms with E-state index < -0.39 is 11.3 Å². The van der Waals surface area contributed by atoms with Crippen LogP contribution in [-0.2, 0) is 6.54 Å². The smallest absolute Gasteiger partial charge is 0.278 e. The van der Waals surface area contributed by atoms with Crippen LogP contribution in [0.5, 0.6) is 0 Å². The molecule has 2 aromatic carbocycles. The van der Waals surface area contributed by atoms with Crippen LogP contribution in [0.4, 0.5) is 4.39 Å². The quantitative estimate of drug-likeness (QED) is 0.634. The van der Waals surface area contributed by atoms with Gasteiger partial charge in [-0.05, 0) is 61.7 Å². The molecule has 0 saturated heterocycles. The van der Waals surface area contributed by atoms with Crippen LogP contribution in [0.2, 0.25) is 5.02 Å². The zero-order chi connectivity index (χ0) is 20.5. The van der Waals surface area contributed by atoms with Crippen LogP contribution in [0.15, 0.2) is 59.4 Å². The number of rotatable bonds is 5. The van der Waals surface area contributed by atoms with Gasteiger partial charge in [-0.25, -0.2) is 9.07 Å². The van der Waals surface area contributed by atoms with E-state index in [0.717, 1.165) is 18.4 Å². The molecular weight excluding hydrogens is 393 g/mol. The Labute approximate surface area is 172 Å². The number of halogens is 2. The fraction of sp³-hybridized carbons (Fsp3) is 0.227. The molecule has 0 aliphatic heterocycles. The van der Waals surface area contributed by atoms with Crippen molar-refractivity contribution in [2.75, 3.05) is 0 Å². The van der Waals surface area contributed by atoms with E-state index in [1.807, 2.05) is 0 Å². The lowest BCUT2D eigenvalue weighted by atomic mass is 10.2. The minimum absolute atomic E-state index is 0.0686. The molecule has 29 heavy (non-hydrogen) atoms. The number of hydrogen-bond donors (Lipinski definition) is 0. The molecule has 0 bridgehead atoms. The first-order chi connectivity index (χ1) is 13.9. The Bertz CT molecular complexity index is 1110. The molecule has 1 heterocycles. The number of carbonyl (C=O) groups is 1. The number of amides is 1. The Morgan fingerprint density at radius 1 is 1.17 bits per heavy atom. The van der Waals surface area contributed by atoms with Gasteiger partial charge in [0.1, 0.15) is 5.82 Å². The predicted octanol–water partition coefficient (Wildman–Crippen LogP) is 4.14. The molecule has 1 fully saturated rings. The summed E-state index contributed by atoms with van der Waals surface area (Å²) in [6.45, 7) is 2.06. The van der Waals surface area contributed by atoms with E-state index in [9.17, 15) is 14.0 Å². The van der Waals surface area contributed by atoms with E-state index >= 15 is 0 Å². The van der Waals surface area contributed by atoms with Crippen molar-refractivity contribution in [3.8, 4) is 5.69 Å². The molecule has 0 N–H and O–H groups in total. The van der Waals surface area contributed by atoms with Crippen LogP contribution in [0.3, 0.4) is 0 Å². The Morgan fingerprint density at radius 2 is 1.83 bits per heavy atom. The van der Waals surface area contributed by atoms with Crippen molar-refractivity contribution in [1.29, 1.82) is 0 Å². The summed E-state index contributed by atoms with van der Waals surface area (Å²) in [6.07, 6.45) is 1.76. The number of aromatic nitrogens is 2. The van der Waals surface area contributed by atoms with Crippen molar-refractivity contribution in [2.24, 2.45) is 0 Å². The third-order valence-electron chi connectivity index (χ3n) is 4.90. The Morgan fingerprint density at radius 3 is 2.45 bits per heavy atom. The zero-order valence-electron chi connectivity index (χ0n) is 15.8. The largest absolute Gasteiger partial charge is 0.330 e. The molecule has 5 nitrogen and oxygen atoms in total. The third kappa shape index (κ3) is 4.22. The summed E-state index contributed by atoms with van der Waals surface area (Å²) < 4.78 is 14.8. The van der Waals surface area contributed by atoms with E-state index in [1.54, 1.807) is 52.9 Å². The molecule has 0 radical (unpaired) electrons. The van der Waals surface area contributed by atoms with Gasteiger partial charge in [0.05, 0.1) is 5.69 Å². The summed E-state index contributed by atoms with van der Waals surface area (Å²) in [5.41, 5.74) is 1.58. The van der Waals surface area contributed by atoms with E-state index in [2.05, 4.69) is 5.10 Å². The van der Waals surface area contributed by atoms with Gasteiger partial charge in [-0.15, -0.1) is 0 Å². The minimum atomic E-state index is -0.414. The van der Waals surface area contributed by atoms with Crippen molar-refractivity contribution in [2.45, 2.75) is 32.4 Å². The van der Waals surface area contributed by atoms with E-state index in [0.29, 0.717) is 22.9 Å². The van der Waals surface area contributed by atoms with Crippen molar-refractivity contribution in [3.63, 3.8) is 0 Å². The number of carbonyl (C=O) groups excluding carboxylic acids is 1. The Balaban J connectivity index is 1.69. The zero-order valence-corrected chi connectivity index (χ0v) is 16.6. The second-order valence-electron chi connectivity index (χ2n) is 7.18. The maximum atomic E-state index is 13.2. The molecule has 148 valence electrons. The van der Waals surface area contributed by atoms with Gasteiger partial charge in [-0.3, -0.25) is 9.59 Å². The summed E-state index contributed by atoms with van der Waals surface area (Å²) in [6, 6.07) is 14.5. The van der Waals surface area contributed by atoms with Crippen LogP contribution >= 0.6 is 11.6 Å². The van der Waals surface area contributed by atoms with Crippen LogP contribution in [0, 0.1) is 12.7 Å². The van der Waals surface area contributed by atoms with Crippen LogP contribution < -0.4 is 5.43 Å². The van der Waals surface area contributed by atoms with Gasteiger partial charge in [0.2, 0.25) is 5.43 Å². The first-order valence-electron chi connectivity index (χ1n) is 9.35. The average Bonchev–Trinajstić information content (AvgIpc) is 3.53. The van der Waals surface area contributed by atoms with Gasteiger partial charge in [-0.1, -0.05) is 23.7 Å². The number of aryl methyl sites for hydroxylation is 1. The molecule has 0 atom stereocenters. The molecule has 1 aliphatic carbocycles. The first-order valence-corrected chi connectivity index (χ1v) is 9.72. The SMILES string of the molecule is Cc1cc(=O)c(C(=O)N(Cc2ccc(F)cc2)C2CC2)nn1-c1ccc(Cl)cc1. The van der Waals surface area contributed by atoms with Gasteiger partial charge >= 0.3 is 0 Å². The summed E-state index contributed by atoms with van der Waals surface area (Å²) in [4.78, 5) is 27.4. The van der Waals surface area contributed by atoms with Gasteiger partial charge in [-0.2, -0.15) is 5.10 Å². The van der Waals surface area contributed by atoms with Crippen molar-refractivity contribution in [1.82, 2.24) is 14.7 Å². The maximum absolute atomic E-state index is 13.2. The number of nitrogens with zero attached hydrogens (tertiary/aromatic N) is 3. The molecule has 4 rings (SSSR count). The number of hydrogen-bond acceptors (Lipinski definition) is 3. The summed E-state index contributed by atoms with van der Waals surface area (Å²) in [5.74, 6) is -0.742. The second-order valence-corrected chi connectivity index (χ2v) is 7.61. The predicted molar refractivity (Wildman–Crippen MR) is 109 cm³/mol. The van der Waals surface area contributed by atoms with Gasteiger partial charge in [0.15, 0.2) is 5.69 Å². The molecule has 1 aliphatic rings. The summed E-state index contributed by atoms with van der Waals surface area (Å²) in [7, 11) is 0. The highest BCUT2D eigenvalue weighted by atomic mass is 35.5. The molecule has 0 spiro atoms. The lowest BCUT2D eigenvalue weighted by Gasteiger charge is -2.22. The van der Waals surface area contributed by atoms with E-state index in [4.69, 9.17) is 11.6 Å². The van der Waals surface area contributed by atoms with Crippen molar-refractivity contribution in [3.05, 3.63) is 92.6 Å². The topological polar surface area (TPSA) is 55.2 Å². The molecule has 0 unspecified atom stereocenters. The fourth-order valence-corrected chi connectivity index (χ4v) is 3.34. The standard InChI is InChI=1S/C22H19ClFN3O2/c1-14-12-20(28)21(25-27(14)19-8-4-16(23)5-9-19)22(29)26(18-10-11-18)13-15-2-6-17(24)7-3-15/h2-9,12,18H,10-11,13H2,1H3. The van der Waals surface area contributed by atoms with Gasteiger partial charge in [0, 0.05) is 29.4 Å².